The molecule has 1 saturated heterocycles. The first-order valence-corrected chi connectivity index (χ1v) is 7.90. The van der Waals surface area contributed by atoms with E-state index in [1.54, 1.807) is 24.3 Å². The van der Waals surface area contributed by atoms with Crippen LogP contribution in [-0.4, -0.2) is 39.2 Å². The fourth-order valence-electron chi connectivity index (χ4n) is 2.51. The van der Waals surface area contributed by atoms with Gasteiger partial charge in [-0.1, -0.05) is 12.1 Å². The van der Waals surface area contributed by atoms with Crippen molar-refractivity contribution in [2.75, 3.05) is 0 Å². The largest absolute Gasteiger partial charge is 0.494 e. The Morgan fingerprint density at radius 3 is 2.16 bits per heavy atom. The molecule has 25 heavy (non-hydrogen) atoms. The standard InChI is InChI=1S/C17H19BN2O5/c1-16(2)17(3,4)25-18(24-16)11-5-7-12(8-6-11)20-14(21)13(15(22)23)9-10-19-20/h5-10H,1-4H3,(H,22,23). The van der Waals surface area contributed by atoms with E-state index in [1.165, 1.54) is 12.3 Å². The molecule has 8 heteroatoms. The van der Waals surface area contributed by atoms with Crippen molar-refractivity contribution in [3.63, 3.8) is 0 Å². The van der Waals surface area contributed by atoms with Crippen LogP contribution in [0, 0.1) is 0 Å². The fraction of sp³-hybridized carbons (Fsp3) is 0.353. The van der Waals surface area contributed by atoms with Gasteiger partial charge in [0.1, 0.15) is 5.56 Å². The van der Waals surface area contributed by atoms with E-state index in [0.717, 1.165) is 10.1 Å². The molecule has 0 radical (unpaired) electrons. The minimum atomic E-state index is -1.28. The predicted octanol–water partition coefficient (Wildman–Crippen LogP) is 1.23. The second kappa shape index (κ2) is 5.82. The SMILES string of the molecule is CC1(C)OB(c2ccc(-n3nccc(C(=O)O)c3=O)cc2)OC1(C)C. The van der Waals surface area contributed by atoms with Crippen molar-refractivity contribution < 1.29 is 19.2 Å². The molecular weight excluding hydrogens is 323 g/mol. The van der Waals surface area contributed by atoms with Gasteiger partial charge in [0.25, 0.3) is 5.56 Å². The number of nitrogens with zero attached hydrogens (tertiary/aromatic N) is 2. The van der Waals surface area contributed by atoms with Crippen LogP contribution >= 0.6 is 0 Å². The summed E-state index contributed by atoms with van der Waals surface area (Å²) >= 11 is 0. The first-order chi connectivity index (χ1) is 11.6. The molecule has 3 rings (SSSR count). The molecule has 1 aromatic carbocycles. The van der Waals surface area contributed by atoms with Gasteiger partial charge >= 0.3 is 13.1 Å². The molecule has 130 valence electrons. The summed E-state index contributed by atoms with van der Waals surface area (Å²) in [4.78, 5) is 23.3. The lowest BCUT2D eigenvalue weighted by Crippen LogP contribution is -2.41. The third kappa shape index (κ3) is 2.98. The fourth-order valence-corrected chi connectivity index (χ4v) is 2.51. The lowest BCUT2D eigenvalue weighted by Gasteiger charge is -2.32. The summed E-state index contributed by atoms with van der Waals surface area (Å²) < 4.78 is 13.0. The van der Waals surface area contributed by atoms with Crippen LogP contribution in [0.4, 0.5) is 0 Å². The van der Waals surface area contributed by atoms with E-state index in [-0.39, 0.29) is 5.56 Å². The Morgan fingerprint density at radius 2 is 1.64 bits per heavy atom. The molecule has 0 saturated carbocycles. The second-order valence-corrected chi connectivity index (χ2v) is 6.95. The molecule has 0 amide bonds. The van der Waals surface area contributed by atoms with Crippen molar-refractivity contribution in [3.05, 3.63) is 52.4 Å². The molecule has 0 unspecified atom stereocenters. The van der Waals surface area contributed by atoms with Gasteiger partial charge in [0.15, 0.2) is 0 Å². The summed E-state index contributed by atoms with van der Waals surface area (Å²) in [5.41, 5.74) is -0.614. The highest BCUT2D eigenvalue weighted by molar-refractivity contribution is 6.62. The summed E-state index contributed by atoms with van der Waals surface area (Å²) in [6.07, 6.45) is 1.28. The number of carboxylic acids is 1. The van der Waals surface area contributed by atoms with Crippen LogP contribution in [0.15, 0.2) is 41.3 Å². The number of hydrogen-bond donors (Lipinski definition) is 1. The number of carboxylic acid groups (broad SMARTS) is 1. The highest BCUT2D eigenvalue weighted by atomic mass is 16.7. The summed E-state index contributed by atoms with van der Waals surface area (Å²) in [5.74, 6) is -1.28. The molecule has 0 aliphatic carbocycles. The lowest BCUT2D eigenvalue weighted by molar-refractivity contribution is 0.00578. The molecule has 1 aromatic heterocycles. The molecule has 2 heterocycles. The number of aromatic carboxylic acids is 1. The van der Waals surface area contributed by atoms with E-state index in [4.69, 9.17) is 14.4 Å². The molecule has 0 atom stereocenters. The number of rotatable bonds is 3. The first-order valence-electron chi connectivity index (χ1n) is 7.90. The van der Waals surface area contributed by atoms with Gasteiger partial charge in [-0.05, 0) is 51.4 Å². The molecule has 1 fully saturated rings. The highest BCUT2D eigenvalue weighted by Gasteiger charge is 2.51. The summed E-state index contributed by atoms with van der Waals surface area (Å²) in [6, 6.07) is 8.10. The lowest BCUT2D eigenvalue weighted by atomic mass is 9.79. The van der Waals surface area contributed by atoms with Crippen LogP contribution in [0.1, 0.15) is 38.1 Å². The van der Waals surface area contributed by atoms with Crippen molar-refractivity contribution in [3.8, 4) is 5.69 Å². The number of carbonyl (C=O) groups is 1. The highest BCUT2D eigenvalue weighted by Crippen LogP contribution is 2.36. The van der Waals surface area contributed by atoms with Gasteiger partial charge in [-0.3, -0.25) is 4.79 Å². The average molecular weight is 342 g/mol. The van der Waals surface area contributed by atoms with Crippen LogP contribution in [0.5, 0.6) is 0 Å². The van der Waals surface area contributed by atoms with Crippen molar-refractivity contribution in [2.24, 2.45) is 0 Å². The van der Waals surface area contributed by atoms with Gasteiger partial charge < -0.3 is 14.4 Å². The maximum atomic E-state index is 12.2. The molecule has 1 aliphatic rings. The number of hydrogen-bond acceptors (Lipinski definition) is 5. The molecule has 1 aliphatic heterocycles. The monoisotopic (exact) mass is 342 g/mol. The maximum Gasteiger partial charge on any atom is 0.494 e. The third-order valence-corrected chi connectivity index (χ3v) is 4.74. The van der Waals surface area contributed by atoms with Crippen molar-refractivity contribution in [1.82, 2.24) is 9.78 Å². The van der Waals surface area contributed by atoms with Crippen LogP contribution < -0.4 is 11.0 Å². The van der Waals surface area contributed by atoms with Gasteiger partial charge in [0, 0.05) is 6.20 Å². The number of benzene rings is 1. The van der Waals surface area contributed by atoms with Crippen molar-refractivity contribution in [1.29, 1.82) is 0 Å². The van der Waals surface area contributed by atoms with E-state index < -0.39 is 29.8 Å². The van der Waals surface area contributed by atoms with Gasteiger partial charge in [0.2, 0.25) is 0 Å². The normalized spacial score (nSPS) is 18.3. The molecule has 1 N–H and O–H groups in total. The van der Waals surface area contributed by atoms with Crippen LogP contribution in [0.3, 0.4) is 0 Å². The van der Waals surface area contributed by atoms with Crippen molar-refractivity contribution in [2.45, 2.75) is 38.9 Å². The molecule has 0 spiro atoms. The van der Waals surface area contributed by atoms with Gasteiger partial charge in [-0.15, -0.1) is 0 Å². The average Bonchev–Trinajstić information content (AvgIpc) is 2.75. The Hall–Kier alpha value is -2.45. The van der Waals surface area contributed by atoms with E-state index in [1.807, 2.05) is 27.7 Å². The van der Waals surface area contributed by atoms with Gasteiger partial charge in [0.05, 0.1) is 16.9 Å². The van der Waals surface area contributed by atoms with Crippen LogP contribution in [-0.2, 0) is 9.31 Å². The molecular formula is C17H19BN2O5. The van der Waals surface area contributed by atoms with E-state index in [9.17, 15) is 9.59 Å². The Morgan fingerprint density at radius 1 is 1.08 bits per heavy atom. The van der Waals surface area contributed by atoms with E-state index >= 15 is 0 Å². The van der Waals surface area contributed by atoms with Gasteiger partial charge in [-0.25, -0.2) is 4.79 Å². The van der Waals surface area contributed by atoms with Crippen LogP contribution in [0.25, 0.3) is 5.69 Å². The van der Waals surface area contributed by atoms with Gasteiger partial charge in [-0.2, -0.15) is 9.78 Å². The topological polar surface area (TPSA) is 90.7 Å². The Bertz CT molecular complexity index is 857. The molecule has 7 nitrogen and oxygen atoms in total. The Labute approximate surface area is 145 Å². The zero-order valence-corrected chi connectivity index (χ0v) is 14.5. The minimum Gasteiger partial charge on any atom is -0.477 e. The predicted molar refractivity (Wildman–Crippen MR) is 92.5 cm³/mol. The van der Waals surface area contributed by atoms with Crippen LogP contribution in [0.2, 0.25) is 0 Å². The smallest absolute Gasteiger partial charge is 0.477 e. The summed E-state index contributed by atoms with van der Waals surface area (Å²) in [7, 11) is -0.505. The quantitative estimate of drug-likeness (QED) is 0.844. The molecule has 0 bridgehead atoms. The van der Waals surface area contributed by atoms with E-state index in [0.29, 0.717) is 5.69 Å². The third-order valence-electron chi connectivity index (χ3n) is 4.74. The zero-order chi connectivity index (χ0) is 18.4. The Balaban J connectivity index is 1.91. The first kappa shape index (κ1) is 17.4. The van der Waals surface area contributed by atoms with Crippen molar-refractivity contribution >= 4 is 18.6 Å². The number of aromatic nitrogens is 2. The summed E-state index contributed by atoms with van der Waals surface area (Å²) in [5, 5.41) is 13.0. The minimum absolute atomic E-state index is 0.329. The Kier molecular flexibility index (Phi) is 4.05. The zero-order valence-electron chi connectivity index (χ0n) is 14.5. The van der Waals surface area contributed by atoms with E-state index in [2.05, 4.69) is 5.10 Å². The summed E-state index contributed by atoms with van der Waals surface area (Å²) in [6.45, 7) is 7.90. The maximum absolute atomic E-state index is 12.2. The molecule has 2 aromatic rings. The second-order valence-electron chi connectivity index (χ2n) is 6.95.